The molecule has 0 bridgehead atoms. The number of amides is 1. The molecular formula is C14H20N2O3S. The van der Waals surface area contributed by atoms with E-state index in [0.717, 1.165) is 12.7 Å². The molecule has 0 saturated carbocycles. The van der Waals surface area contributed by atoms with Gasteiger partial charge in [-0.05, 0) is 44.0 Å². The summed E-state index contributed by atoms with van der Waals surface area (Å²) >= 11 is 0. The lowest BCUT2D eigenvalue weighted by atomic mass is 10.1. The average molecular weight is 296 g/mol. The maximum atomic E-state index is 12.5. The molecular weight excluding hydrogens is 276 g/mol. The van der Waals surface area contributed by atoms with Crippen molar-refractivity contribution in [1.29, 1.82) is 0 Å². The molecule has 1 aromatic carbocycles. The Balaban J connectivity index is 2.26. The van der Waals surface area contributed by atoms with Crippen molar-refractivity contribution >= 4 is 15.7 Å². The van der Waals surface area contributed by atoms with E-state index < -0.39 is 9.84 Å². The second kappa shape index (κ2) is 5.54. The van der Waals surface area contributed by atoms with E-state index in [4.69, 9.17) is 5.73 Å². The lowest BCUT2D eigenvalue weighted by molar-refractivity contribution is 0.0743. The number of carbonyl (C=O) groups excluding carboxylic acids is 1. The van der Waals surface area contributed by atoms with Gasteiger partial charge in [0, 0.05) is 24.4 Å². The molecule has 2 unspecified atom stereocenters. The van der Waals surface area contributed by atoms with E-state index in [1.807, 2.05) is 6.92 Å². The first kappa shape index (κ1) is 15.0. The van der Waals surface area contributed by atoms with Gasteiger partial charge < -0.3 is 10.6 Å². The van der Waals surface area contributed by atoms with E-state index in [2.05, 4.69) is 0 Å². The SMILES string of the molecule is CC1CC(CN)CN1C(=O)c1cccc(S(C)(=O)=O)c1. The lowest BCUT2D eigenvalue weighted by Gasteiger charge is -2.21. The van der Waals surface area contributed by atoms with Crippen LogP contribution in [0.4, 0.5) is 0 Å². The molecule has 0 aliphatic carbocycles. The molecule has 20 heavy (non-hydrogen) atoms. The fourth-order valence-electron chi connectivity index (χ4n) is 2.62. The highest BCUT2D eigenvalue weighted by Crippen LogP contribution is 2.24. The number of likely N-dealkylation sites (tertiary alicyclic amines) is 1. The Labute approximate surface area is 119 Å². The molecule has 2 atom stereocenters. The van der Waals surface area contributed by atoms with E-state index in [9.17, 15) is 13.2 Å². The summed E-state index contributed by atoms with van der Waals surface area (Å²) in [6.07, 6.45) is 2.04. The Morgan fingerprint density at radius 3 is 2.70 bits per heavy atom. The van der Waals surface area contributed by atoms with Crippen molar-refractivity contribution in [2.75, 3.05) is 19.3 Å². The Bertz CT molecular complexity index is 613. The summed E-state index contributed by atoms with van der Waals surface area (Å²) in [5, 5.41) is 0. The van der Waals surface area contributed by atoms with Crippen LogP contribution in [0.2, 0.25) is 0 Å². The zero-order chi connectivity index (χ0) is 14.9. The van der Waals surface area contributed by atoms with Crippen molar-refractivity contribution in [2.45, 2.75) is 24.3 Å². The van der Waals surface area contributed by atoms with Crippen molar-refractivity contribution in [2.24, 2.45) is 11.7 Å². The van der Waals surface area contributed by atoms with Gasteiger partial charge in [-0.15, -0.1) is 0 Å². The highest BCUT2D eigenvalue weighted by atomic mass is 32.2. The zero-order valence-electron chi connectivity index (χ0n) is 11.7. The quantitative estimate of drug-likeness (QED) is 0.898. The van der Waals surface area contributed by atoms with Crippen molar-refractivity contribution in [3.63, 3.8) is 0 Å². The highest BCUT2D eigenvalue weighted by molar-refractivity contribution is 7.90. The smallest absolute Gasteiger partial charge is 0.254 e. The number of benzene rings is 1. The summed E-state index contributed by atoms with van der Waals surface area (Å²) in [5.74, 6) is 0.200. The first-order chi connectivity index (χ1) is 9.32. The van der Waals surface area contributed by atoms with Crippen molar-refractivity contribution in [3.05, 3.63) is 29.8 Å². The predicted octanol–water partition coefficient (Wildman–Crippen LogP) is 0.899. The summed E-state index contributed by atoms with van der Waals surface area (Å²) < 4.78 is 23.1. The molecule has 1 aliphatic rings. The normalized spacial score (nSPS) is 23.1. The monoisotopic (exact) mass is 296 g/mol. The molecule has 0 radical (unpaired) electrons. The molecule has 2 rings (SSSR count). The van der Waals surface area contributed by atoms with Gasteiger partial charge >= 0.3 is 0 Å². The molecule has 1 amide bonds. The van der Waals surface area contributed by atoms with Crippen molar-refractivity contribution < 1.29 is 13.2 Å². The first-order valence-corrected chi connectivity index (χ1v) is 8.53. The maximum Gasteiger partial charge on any atom is 0.254 e. The molecule has 1 heterocycles. The molecule has 1 fully saturated rings. The van der Waals surface area contributed by atoms with Crippen LogP contribution in [0, 0.1) is 5.92 Å². The van der Waals surface area contributed by atoms with Crippen LogP contribution in [0.3, 0.4) is 0 Å². The number of rotatable bonds is 3. The van der Waals surface area contributed by atoms with Crippen LogP contribution in [-0.4, -0.2) is 44.6 Å². The fourth-order valence-corrected chi connectivity index (χ4v) is 3.29. The highest BCUT2D eigenvalue weighted by Gasteiger charge is 2.32. The van der Waals surface area contributed by atoms with Crippen molar-refractivity contribution in [3.8, 4) is 0 Å². The maximum absolute atomic E-state index is 12.5. The van der Waals surface area contributed by atoms with Crippen LogP contribution in [0.5, 0.6) is 0 Å². The molecule has 1 aromatic rings. The third kappa shape index (κ3) is 3.02. The Kier molecular flexibility index (Phi) is 4.15. The van der Waals surface area contributed by atoms with Crippen molar-refractivity contribution in [1.82, 2.24) is 4.90 Å². The third-order valence-corrected chi connectivity index (χ3v) is 4.87. The topological polar surface area (TPSA) is 80.5 Å². The number of sulfone groups is 1. The van der Waals surface area contributed by atoms with Gasteiger partial charge in [0.15, 0.2) is 9.84 Å². The molecule has 0 aromatic heterocycles. The average Bonchev–Trinajstić information content (AvgIpc) is 2.78. The number of hydrogen-bond donors (Lipinski definition) is 1. The van der Waals surface area contributed by atoms with Crippen LogP contribution >= 0.6 is 0 Å². The van der Waals surface area contributed by atoms with E-state index >= 15 is 0 Å². The zero-order valence-corrected chi connectivity index (χ0v) is 12.6. The molecule has 0 spiro atoms. The van der Waals surface area contributed by atoms with E-state index in [-0.39, 0.29) is 16.8 Å². The molecule has 2 N–H and O–H groups in total. The summed E-state index contributed by atoms with van der Waals surface area (Å²) in [5.41, 5.74) is 6.08. The van der Waals surface area contributed by atoms with Crippen LogP contribution in [0.15, 0.2) is 29.2 Å². The standard InChI is InChI=1S/C14H20N2O3S/c1-10-6-11(8-15)9-16(10)14(17)12-4-3-5-13(7-12)20(2,18)19/h3-5,7,10-11H,6,8-9,15H2,1-2H3. The second-order valence-corrected chi connectivity index (χ2v) is 7.46. The van der Waals surface area contributed by atoms with Gasteiger partial charge in [0.25, 0.3) is 5.91 Å². The minimum Gasteiger partial charge on any atom is -0.336 e. The van der Waals surface area contributed by atoms with E-state index in [1.165, 1.54) is 12.1 Å². The number of nitrogens with zero attached hydrogens (tertiary/aromatic N) is 1. The second-order valence-electron chi connectivity index (χ2n) is 5.44. The third-order valence-electron chi connectivity index (χ3n) is 3.76. The summed E-state index contributed by atoms with van der Waals surface area (Å²) in [4.78, 5) is 14.4. The lowest BCUT2D eigenvalue weighted by Crippen LogP contribution is -2.34. The predicted molar refractivity (Wildman–Crippen MR) is 77.2 cm³/mol. The molecule has 6 heteroatoms. The van der Waals surface area contributed by atoms with Crippen LogP contribution in [-0.2, 0) is 9.84 Å². The molecule has 1 aliphatic heterocycles. The van der Waals surface area contributed by atoms with Crippen LogP contribution < -0.4 is 5.73 Å². The Morgan fingerprint density at radius 1 is 1.45 bits per heavy atom. The van der Waals surface area contributed by atoms with Crippen LogP contribution in [0.25, 0.3) is 0 Å². The Morgan fingerprint density at radius 2 is 2.15 bits per heavy atom. The molecule has 1 saturated heterocycles. The summed E-state index contributed by atoms with van der Waals surface area (Å²) in [6.45, 7) is 3.20. The van der Waals surface area contributed by atoms with Gasteiger partial charge in [-0.3, -0.25) is 4.79 Å². The van der Waals surface area contributed by atoms with Gasteiger partial charge in [-0.2, -0.15) is 0 Å². The minimum absolute atomic E-state index is 0.126. The van der Waals surface area contributed by atoms with Gasteiger partial charge in [0.2, 0.25) is 0 Å². The van der Waals surface area contributed by atoms with Gasteiger partial charge in [-0.25, -0.2) is 8.42 Å². The fraction of sp³-hybridized carbons (Fsp3) is 0.500. The number of nitrogens with two attached hydrogens (primary N) is 1. The van der Waals surface area contributed by atoms with Gasteiger partial charge in [0.05, 0.1) is 4.90 Å². The van der Waals surface area contributed by atoms with Gasteiger partial charge in [-0.1, -0.05) is 6.07 Å². The largest absolute Gasteiger partial charge is 0.336 e. The number of carbonyl (C=O) groups is 1. The summed E-state index contributed by atoms with van der Waals surface area (Å²) in [7, 11) is -3.30. The van der Waals surface area contributed by atoms with E-state index in [0.29, 0.717) is 24.6 Å². The van der Waals surface area contributed by atoms with Gasteiger partial charge in [0.1, 0.15) is 0 Å². The van der Waals surface area contributed by atoms with E-state index in [1.54, 1.807) is 17.0 Å². The minimum atomic E-state index is -3.30. The van der Waals surface area contributed by atoms with Crippen LogP contribution in [0.1, 0.15) is 23.7 Å². The number of hydrogen-bond acceptors (Lipinski definition) is 4. The summed E-state index contributed by atoms with van der Waals surface area (Å²) in [6, 6.07) is 6.34. The Hall–Kier alpha value is -1.40. The first-order valence-electron chi connectivity index (χ1n) is 6.64. The molecule has 5 nitrogen and oxygen atoms in total. The molecule has 110 valence electrons.